The number of aliphatic hydroxyl groups is 2. The van der Waals surface area contributed by atoms with Crippen molar-refractivity contribution in [3.8, 4) is 0 Å². The van der Waals surface area contributed by atoms with Gasteiger partial charge in [-0.2, -0.15) is 0 Å². The van der Waals surface area contributed by atoms with Crippen molar-refractivity contribution in [2.45, 2.75) is 424 Å². The van der Waals surface area contributed by atoms with Crippen LogP contribution < -0.4 is 5.32 Å². The number of hydrogen-bond acceptors (Lipinski definition) is 5. The minimum atomic E-state index is -0.665. The largest absolute Gasteiger partial charge is 0.466 e. The zero-order chi connectivity index (χ0) is 59.2. The van der Waals surface area contributed by atoms with Crippen molar-refractivity contribution < 1.29 is 24.5 Å². The number of unbranched alkanes of at least 4 members (excludes halogenated alkanes) is 53. The molecule has 0 rings (SSSR count). The second-order valence-corrected chi connectivity index (χ2v) is 25.6. The Labute approximate surface area is 513 Å². The molecule has 0 aliphatic heterocycles. The summed E-state index contributed by atoms with van der Waals surface area (Å²) in [7, 11) is 0. The highest BCUT2D eigenvalue weighted by Gasteiger charge is 2.20. The summed E-state index contributed by atoms with van der Waals surface area (Å²) in [4.78, 5) is 24.6. The SMILES string of the molecule is CCCCC/C=C\C/C=C\CCCCCCCC(=O)OCCCCCCCCCCCCCC/C=C\CCCCCCCCCCCCCCCC(=O)NC(CO)C(O)CCCCCCCCCCCCCCCCCCCCCCC. The van der Waals surface area contributed by atoms with E-state index in [1.807, 2.05) is 0 Å². The molecule has 2 unspecified atom stereocenters. The number of amides is 1. The molecule has 0 aromatic carbocycles. The Morgan fingerprint density at radius 3 is 0.963 bits per heavy atom. The van der Waals surface area contributed by atoms with Gasteiger partial charge in [0.2, 0.25) is 5.91 Å². The first kappa shape index (κ1) is 80.1. The van der Waals surface area contributed by atoms with Gasteiger partial charge in [0.1, 0.15) is 0 Å². The predicted molar refractivity (Wildman–Crippen MR) is 361 cm³/mol. The van der Waals surface area contributed by atoms with Gasteiger partial charge in [0.15, 0.2) is 0 Å². The van der Waals surface area contributed by atoms with Crippen LogP contribution >= 0.6 is 0 Å². The quantitative estimate of drug-likeness (QED) is 0.0320. The third-order valence-corrected chi connectivity index (χ3v) is 17.4. The molecule has 0 fully saturated rings. The average Bonchev–Trinajstić information content (AvgIpc) is 3.48. The first-order chi connectivity index (χ1) is 40.5. The van der Waals surface area contributed by atoms with E-state index in [0.29, 0.717) is 25.9 Å². The van der Waals surface area contributed by atoms with Gasteiger partial charge in [0.05, 0.1) is 25.4 Å². The fourth-order valence-corrected chi connectivity index (χ4v) is 11.7. The van der Waals surface area contributed by atoms with Crippen molar-refractivity contribution in [2.24, 2.45) is 0 Å². The average molecular weight is 1150 g/mol. The van der Waals surface area contributed by atoms with Crippen molar-refractivity contribution in [1.82, 2.24) is 5.32 Å². The molecular formula is C76H145NO5. The van der Waals surface area contributed by atoms with Crippen LogP contribution in [0.2, 0.25) is 0 Å². The third-order valence-electron chi connectivity index (χ3n) is 17.4. The molecule has 3 N–H and O–H groups in total. The Hall–Kier alpha value is -1.92. The van der Waals surface area contributed by atoms with Gasteiger partial charge in [-0.15, -0.1) is 0 Å². The molecule has 0 aliphatic rings. The van der Waals surface area contributed by atoms with E-state index in [0.717, 1.165) is 51.4 Å². The Morgan fingerprint density at radius 1 is 0.341 bits per heavy atom. The van der Waals surface area contributed by atoms with Crippen LogP contribution in [0.25, 0.3) is 0 Å². The number of esters is 1. The summed E-state index contributed by atoms with van der Waals surface area (Å²) in [6.07, 6.45) is 92.1. The summed E-state index contributed by atoms with van der Waals surface area (Å²) in [6.45, 7) is 4.96. The first-order valence-electron chi connectivity index (χ1n) is 37.2. The van der Waals surface area contributed by atoms with Gasteiger partial charge in [0, 0.05) is 12.8 Å². The van der Waals surface area contributed by atoms with E-state index >= 15 is 0 Å². The van der Waals surface area contributed by atoms with Crippen LogP contribution in [0.5, 0.6) is 0 Å². The lowest BCUT2D eigenvalue weighted by molar-refractivity contribution is -0.143. The summed E-state index contributed by atoms with van der Waals surface area (Å²) in [5.41, 5.74) is 0. The number of ether oxygens (including phenoxy) is 1. The second kappa shape index (κ2) is 71.6. The maximum Gasteiger partial charge on any atom is 0.305 e. The van der Waals surface area contributed by atoms with Gasteiger partial charge in [0.25, 0.3) is 0 Å². The molecule has 6 nitrogen and oxygen atoms in total. The molecule has 0 saturated heterocycles. The maximum absolute atomic E-state index is 12.6. The van der Waals surface area contributed by atoms with Gasteiger partial charge in [-0.25, -0.2) is 0 Å². The zero-order valence-corrected chi connectivity index (χ0v) is 55.5. The van der Waals surface area contributed by atoms with Crippen molar-refractivity contribution in [3.05, 3.63) is 36.5 Å². The fourth-order valence-electron chi connectivity index (χ4n) is 11.7. The van der Waals surface area contributed by atoms with E-state index in [9.17, 15) is 19.8 Å². The number of aliphatic hydroxyl groups excluding tert-OH is 2. The van der Waals surface area contributed by atoms with Crippen LogP contribution in [0.1, 0.15) is 412 Å². The van der Waals surface area contributed by atoms with Crippen molar-refractivity contribution in [2.75, 3.05) is 13.2 Å². The molecule has 0 bridgehead atoms. The summed E-state index contributed by atoms with van der Waals surface area (Å²) >= 11 is 0. The number of rotatable bonds is 70. The molecule has 6 heteroatoms. The predicted octanol–water partition coefficient (Wildman–Crippen LogP) is 24.3. The van der Waals surface area contributed by atoms with Gasteiger partial charge in [-0.1, -0.05) is 352 Å². The number of allylic oxidation sites excluding steroid dienone is 6. The summed E-state index contributed by atoms with van der Waals surface area (Å²) in [5.74, 6) is -0.0268. The lowest BCUT2D eigenvalue weighted by Crippen LogP contribution is -2.45. The third kappa shape index (κ3) is 67.2. The molecule has 0 saturated carbocycles. The van der Waals surface area contributed by atoms with E-state index < -0.39 is 12.1 Å². The van der Waals surface area contributed by atoms with Crippen LogP contribution in [0.15, 0.2) is 36.5 Å². The van der Waals surface area contributed by atoms with Gasteiger partial charge in [-0.05, 0) is 83.5 Å². The van der Waals surface area contributed by atoms with Gasteiger partial charge < -0.3 is 20.3 Å². The normalized spacial score (nSPS) is 12.7. The first-order valence-corrected chi connectivity index (χ1v) is 37.2. The Bertz CT molecular complexity index is 1330. The smallest absolute Gasteiger partial charge is 0.305 e. The standard InChI is InChI=1S/C76H145NO5/c1-3-5-7-9-11-13-15-17-19-20-21-31-34-37-41-44-48-52-56-60-64-68-74(79)73(72-78)77-75(80)69-65-61-57-53-49-45-42-38-35-32-29-27-25-23-22-24-26-28-30-33-36-39-43-47-51-55-59-63-67-71-82-76(81)70-66-62-58-54-50-46-40-18-16-14-12-10-8-6-4-2/h12,14,18,22,24,40,73-74,78-79H,3-11,13,15-17,19-21,23,25-39,41-72H2,1-2H3,(H,77,80)/b14-12-,24-22-,40-18-. The van der Waals surface area contributed by atoms with E-state index in [4.69, 9.17) is 4.74 Å². The highest BCUT2D eigenvalue weighted by molar-refractivity contribution is 5.76. The minimum absolute atomic E-state index is 0.00305. The number of carbonyl (C=O) groups excluding carboxylic acids is 2. The highest BCUT2D eigenvalue weighted by Crippen LogP contribution is 2.19. The Balaban J connectivity index is 3.38. The molecular weight excluding hydrogens is 1010 g/mol. The van der Waals surface area contributed by atoms with Crippen LogP contribution in [-0.4, -0.2) is 47.4 Å². The summed E-state index contributed by atoms with van der Waals surface area (Å²) < 4.78 is 5.49. The van der Waals surface area contributed by atoms with Crippen LogP contribution in [0, 0.1) is 0 Å². The van der Waals surface area contributed by atoms with E-state index in [1.54, 1.807) is 0 Å². The lowest BCUT2D eigenvalue weighted by atomic mass is 10.0. The molecule has 0 aromatic rings. The Morgan fingerprint density at radius 2 is 0.610 bits per heavy atom. The molecule has 82 heavy (non-hydrogen) atoms. The molecule has 0 radical (unpaired) electrons. The van der Waals surface area contributed by atoms with Crippen molar-refractivity contribution >= 4 is 11.9 Å². The number of nitrogens with one attached hydrogen (secondary N) is 1. The summed E-state index contributed by atoms with van der Waals surface area (Å²) in [5, 5.41) is 23.4. The van der Waals surface area contributed by atoms with Crippen LogP contribution in [-0.2, 0) is 14.3 Å². The Kier molecular flexibility index (Phi) is 69.9. The number of carbonyl (C=O) groups is 2. The monoisotopic (exact) mass is 1150 g/mol. The topological polar surface area (TPSA) is 95.9 Å². The second-order valence-electron chi connectivity index (χ2n) is 25.6. The molecule has 484 valence electrons. The van der Waals surface area contributed by atoms with Gasteiger partial charge >= 0.3 is 5.97 Å². The minimum Gasteiger partial charge on any atom is -0.466 e. The molecule has 0 aromatic heterocycles. The van der Waals surface area contributed by atoms with E-state index in [2.05, 4.69) is 55.6 Å². The van der Waals surface area contributed by atoms with Crippen LogP contribution in [0.3, 0.4) is 0 Å². The van der Waals surface area contributed by atoms with Gasteiger partial charge in [-0.3, -0.25) is 9.59 Å². The lowest BCUT2D eigenvalue weighted by Gasteiger charge is -2.22. The maximum atomic E-state index is 12.6. The molecule has 0 spiro atoms. The fraction of sp³-hybridized carbons (Fsp3) is 0.895. The number of hydrogen-bond donors (Lipinski definition) is 3. The zero-order valence-electron chi connectivity index (χ0n) is 55.5. The molecule has 0 aliphatic carbocycles. The highest BCUT2D eigenvalue weighted by atomic mass is 16.5. The van der Waals surface area contributed by atoms with Crippen molar-refractivity contribution in [3.63, 3.8) is 0 Å². The molecule has 1 amide bonds. The van der Waals surface area contributed by atoms with Crippen molar-refractivity contribution in [1.29, 1.82) is 0 Å². The van der Waals surface area contributed by atoms with E-state index in [-0.39, 0.29) is 18.5 Å². The molecule has 2 atom stereocenters. The van der Waals surface area contributed by atoms with Crippen LogP contribution in [0.4, 0.5) is 0 Å². The molecule has 0 heterocycles. The summed E-state index contributed by atoms with van der Waals surface area (Å²) in [6, 6.07) is -0.542. The van der Waals surface area contributed by atoms with E-state index in [1.165, 1.54) is 327 Å².